The summed E-state index contributed by atoms with van der Waals surface area (Å²) in [5, 5.41) is 14.8. The van der Waals surface area contributed by atoms with Crippen LogP contribution in [0.4, 0.5) is 0 Å². The van der Waals surface area contributed by atoms with Gasteiger partial charge in [-0.15, -0.1) is 0 Å². The molecule has 0 aliphatic heterocycles. The molecule has 0 fully saturated rings. The van der Waals surface area contributed by atoms with Crippen LogP contribution in [0.2, 0.25) is 0 Å². The van der Waals surface area contributed by atoms with Crippen LogP contribution in [0.15, 0.2) is 73.2 Å². The van der Waals surface area contributed by atoms with Gasteiger partial charge >= 0.3 is 11.9 Å². The first-order valence-corrected chi connectivity index (χ1v) is 8.49. The fraction of sp³-hybridized carbons (Fsp3) is 0. The molecule has 0 aliphatic carbocycles. The molecule has 1 aromatic carbocycles. The summed E-state index contributed by atoms with van der Waals surface area (Å²) >= 11 is 0. The van der Waals surface area contributed by atoms with E-state index in [1.807, 2.05) is 66.9 Å². The number of carboxylic acids is 2. The van der Waals surface area contributed by atoms with Crippen molar-refractivity contribution in [1.82, 2.24) is 19.5 Å². The van der Waals surface area contributed by atoms with Crippen molar-refractivity contribution >= 4 is 35.1 Å². The van der Waals surface area contributed by atoms with Gasteiger partial charge in [-0.1, -0.05) is 24.3 Å². The topological polar surface area (TPSA) is 118 Å². The van der Waals surface area contributed by atoms with Gasteiger partial charge in [0.15, 0.2) is 0 Å². The molecule has 8 heteroatoms. The molecule has 4 rings (SSSR count). The Labute approximate surface area is 165 Å². The summed E-state index contributed by atoms with van der Waals surface area (Å²) in [6.45, 7) is 0. The lowest BCUT2D eigenvalue weighted by molar-refractivity contribution is -0.159. The van der Waals surface area contributed by atoms with Crippen molar-refractivity contribution in [2.75, 3.05) is 0 Å². The molecule has 0 unspecified atom stereocenters. The van der Waals surface area contributed by atoms with Gasteiger partial charge in [-0.05, 0) is 48.0 Å². The average Bonchev–Trinajstić information content (AvgIpc) is 3.12. The monoisotopic (exact) mass is 388 g/mol. The maximum atomic E-state index is 9.10. The van der Waals surface area contributed by atoms with Gasteiger partial charge in [0, 0.05) is 18.6 Å². The van der Waals surface area contributed by atoms with Crippen LogP contribution >= 0.6 is 0 Å². The third-order valence-corrected chi connectivity index (χ3v) is 3.76. The van der Waals surface area contributed by atoms with Crippen molar-refractivity contribution in [3.8, 4) is 5.82 Å². The second kappa shape index (κ2) is 9.05. The molecule has 2 N–H and O–H groups in total. The number of imidazole rings is 1. The summed E-state index contributed by atoms with van der Waals surface area (Å²) in [6, 6.07) is 17.9. The Hall–Kier alpha value is -4.33. The van der Waals surface area contributed by atoms with Crippen molar-refractivity contribution in [3.63, 3.8) is 0 Å². The van der Waals surface area contributed by atoms with Gasteiger partial charge in [-0.25, -0.2) is 19.6 Å². The molecule has 0 amide bonds. The molecule has 0 saturated heterocycles. The minimum Gasteiger partial charge on any atom is -0.473 e. The number of hydrogen-bond acceptors (Lipinski definition) is 5. The summed E-state index contributed by atoms with van der Waals surface area (Å²) < 4.78 is 2.06. The number of carboxylic acid groups (broad SMARTS) is 2. The Morgan fingerprint density at radius 1 is 0.862 bits per heavy atom. The van der Waals surface area contributed by atoms with Gasteiger partial charge in [-0.3, -0.25) is 9.55 Å². The van der Waals surface area contributed by atoms with E-state index >= 15 is 0 Å². The van der Waals surface area contributed by atoms with Crippen molar-refractivity contribution in [1.29, 1.82) is 0 Å². The Morgan fingerprint density at radius 2 is 1.62 bits per heavy atom. The average molecular weight is 388 g/mol. The van der Waals surface area contributed by atoms with E-state index in [0.29, 0.717) is 0 Å². The van der Waals surface area contributed by atoms with Crippen molar-refractivity contribution in [2.24, 2.45) is 0 Å². The van der Waals surface area contributed by atoms with E-state index in [4.69, 9.17) is 24.8 Å². The lowest BCUT2D eigenvalue weighted by atomic mass is 10.2. The van der Waals surface area contributed by atoms with Crippen molar-refractivity contribution < 1.29 is 19.8 Å². The van der Waals surface area contributed by atoms with Gasteiger partial charge in [0.2, 0.25) is 0 Å². The Kier molecular flexibility index (Phi) is 6.06. The van der Waals surface area contributed by atoms with Crippen LogP contribution in [-0.2, 0) is 9.59 Å². The van der Waals surface area contributed by atoms with E-state index in [-0.39, 0.29) is 0 Å². The third-order valence-electron chi connectivity index (χ3n) is 3.76. The standard InChI is InChI=1S/C19H14N4.C2H2O4/c1-2-8-17-16(7-1)22-19(11-10-15-6-5-12-20-14-15)23(17)18-9-3-4-13-21-18;3-1(4)2(5)6/h1-14H;(H,3,4)(H,5,6). The zero-order chi connectivity index (χ0) is 20.6. The number of hydrogen-bond donors (Lipinski definition) is 2. The van der Waals surface area contributed by atoms with E-state index in [1.165, 1.54) is 0 Å². The molecule has 8 nitrogen and oxygen atoms in total. The number of fused-ring (bicyclic) bond motifs is 1. The van der Waals surface area contributed by atoms with Gasteiger partial charge in [-0.2, -0.15) is 0 Å². The first kappa shape index (κ1) is 19.4. The number of carbonyl (C=O) groups is 2. The van der Waals surface area contributed by atoms with Crippen LogP contribution in [0.5, 0.6) is 0 Å². The normalized spacial score (nSPS) is 10.5. The fourth-order valence-electron chi connectivity index (χ4n) is 2.53. The molecule has 3 aromatic heterocycles. The van der Waals surface area contributed by atoms with E-state index < -0.39 is 11.9 Å². The third kappa shape index (κ3) is 4.89. The molecule has 3 heterocycles. The highest BCUT2D eigenvalue weighted by atomic mass is 16.4. The SMILES string of the molecule is C(=Cc1nc2ccccc2n1-c1ccccn1)c1cccnc1.O=C(O)C(=O)O. The highest BCUT2D eigenvalue weighted by molar-refractivity contribution is 6.27. The van der Waals surface area contributed by atoms with Crippen molar-refractivity contribution in [2.45, 2.75) is 0 Å². The van der Waals surface area contributed by atoms with Crippen LogP contribution in [0.25, 0.3) is 29.0 Å². The number of aromatic nitrogens is 4. The second-order valence-corrected chi connectivity index (χ2v) is 5.71. The lowest BCUT2D eigenvalue weighted by Gasteiger charge is -2.05. The molecular weight excluding hydrogens is 372 g/mol. The molecule has 0 bridgehead atoms. The number of rotatable bonds is 3. The minimum atomic E-state index is -1.82. The summed E-state index contributed by atoms with van der Waals surface area (Å²) in [4.78, 5) is 31.5. The maximum Gasteiger partial charge on any atom is 0.414 e. The van der Waals surface area contributed by atoms with Crippen LogP contribution in [0.3, 0.4) is 0 Å². The lowest BCUT2D eigenvalue weighted by Crippen LogP contribution is -2.09. The van der Waals surface area contributed by atoms with Gasteiger partial charge in [0.1, 0.15) is 11.6 Å². The number of nitrogens with zero attached hydrogens (tertiary/aromatic N) is 4. The molecule has 0 spiro atoms. The molecule has 0 atom stereocenters. The highest BCUT2D eigenvalue weighted by Gasteiger charge is 2.10. The van der Waals surface area contributed by atoms with Gasteiger partial charge < -0.3 is 10.2 Å². The quantitative estimate of drug-likeness (QED) is 0.518. The van der Waals surface area contributed by atoms with E-state index in [9.17, 15) is 0 Å². The van der Waals surface area contributed by atoms with Crippen LogP contribution in [0, 0.1) is 0 Å². The summed E-state index contributed by atoms with van der Waals surface area (Å²) in [6.07, 6.45) is 9.38. The Morgan fingerprint density at radius 3 is 2.28 bits per heavy atom. The minimum absolute atomic E-state index is 0.841. The predicted octanol–water partition coefficient (Wildman–Crippen LogP) is 3.14. The zero-order valence-corrected chi connectivity index (χ0v) is 15.1. The van der Waals surface area contributed by atoms with Crippen LogP contribution in [0.1, 0.15) is 11.4 Å². The number of benzene rings is 1. The summed E-state index contributed by atoms with van der Waals surface area (Å²) in [5.41, 5.74) is 3.02. The van der Waals surface area contributed by atoms with Crippen LogP contribution < -0.4 is 0 Å². The molecule has 29 heavy (non-hydrogen) atoms. The summed E-state index contributed by atoms with van der Waals surface area (Å²) in [5.74, 6) is -1.95. The molecule has 4 aromatic rings. The molecule has 144 valence electrons. The van der Waals surface area contributed by atoms with E-state index in [1.54, 1.807) is 12.4 Å². The largest absolute Gasteiger partial charge is 0.473 e. The molecular formula is C21H16N4O4. The van der Waals surface area contributed by atoms with Crippen LogP contribution in [-0.4, -0.2) is 41.7 Å². The van der Waals surface area contributed by atoms with E-state index in [2.05, 4.69) is 20.6 Å². The van der Waals surface area contributed by atoms with Gasteiger partial charge in [0.05, 0.1) is 11.0 Å². The van der Waals surface area contributed by atoms with Gasteiger partial charge in [0.25, 0.3) is 0 Å². The Balaban J connectivity index is 0.000000353. The Bertz CT molecular complexity index is 1140. The fourth-order valence-corrected chi connectivity index (χ4v) is 2.53. The zero-order valence-electron chi connectivity index (χ0n) is 15.1. The second-order valence-electron chi connectivity index (χ2n) is 5.71. The summed E-state index contributed by atoms with van der Waals surface area (Å²) in [7, 11) is 0. The highest BCUT2D eigenvalue weighted by Crippen LogP contribution is 2.21. The van der Waals surface area contributed by atoms with Crippen molar-refractivity contribution in [3.05, 3.63) is 84.6 Å². The van der Waals surface area contributed by atoms with E-state index in [0.717, 1.165) is 28.2 Å². The molecule has 0 radical (unpaired) electrons. The number of para-hydroxylation sites is 2. The molecule has 0 saturated carbocycles. The first-order chi connectivity index (χ1) is 14.1. The number of pyridine rings is 2. The first-order valence-electron chi connectivity index (χ1n) is 8.49. The predicted molar refractivity (Wildman–Crippen MR) is 107 cm³/mol. The maximum absolute atomic E-state index is 9.10. The molecule has 0 aliphatic rings. The number of aliphatic carboxylic acids is 2. The smallest absolute Gasteiger partial charge is 0.414 e.